The highest BCUT2D eigenvalue weighted by Gasteiger charge is 2.63. The minimum absolute atomic E-state index is 0.0457. The van der Waals surface area contributed by atoms with Gasteiger partial charge in [-0.3, -0.25) is 77.3 Å². The fraction of sp³-hybridized carbons (Fsp3) is 0.169. The molecule has 2 saturated heterocycles. The van der Waals surface area contributed by atoms with Crippen LogP contribution in [0.2, 0.25) is 0 Å². The lowest BCUT2D eigenvalue weighted by molar-refractivity contribution is -0.156. The van der Waals surface area contributed by atoms with E-state index < -0.39 is 118 Å². The standard InChI is InChI=1S/C27H26N2O8.C25H18N2O6.C17H10N2O4.C8H5NO2/c1-16(22(30)36-3)13-26(34)18-9-5-7-11-20(18)28(24(26)32)15-29-21-12-8-6-10-19(21)27(35,25(29)33)14-17(2)23(31)37-4;1-14-11-24(32-20(14)28)16-7-3-5-9-18(16)26(22(24)30)13-27-19-10-6-4-8-17(19)25(23(27)31)12-15(2)21(29)33-25;20-14-10-5-1-3-7-12(10)18(16(14)22)9-19-13-8-4-2-6-11(13)15(21)17(19)23;10-7-5-3-1-2-4-6(5)9-8(7)11/h5-12,34-35H,1-2,13-15H2,3-4H3;3-10H,1-2,11-13H2;1-8H,9H2;1-4H,(H,9,10,11). The third-order valence-electron chi connectivity index (χ3n) is 19.1. The highest BCUT2D eigenvalue weighted by Crippen LogP contribution is 2.54. The van der Waals surface area contributed by atoms with Crippen LogP contribution in [0, 0.1) is 0 Å². The number of hydrogen-bond donors (Lipinski definition) is 3. The third kappa shape index (κ3) is 10.9. The summed E-state index contributed by atoms with van der Waals surface area (Å²) in [6.45, 7) is 14.1. The minimum Gasteiger partial charge on any atom is -0.466 e. The van der Waals surface area contributed by atoms with E-state index in [1.165, 1.54) is 43.6 Å². The molecule has 9 aliphatic rings. The summed E-state index contributed by atoms with van der Waals surface area (Å²) in [6, 6.07) is 47.0. The monoisotopic (exact) mass is 1400 g/mol. The quantitative estimate of drug-likeness (QED) is 0.0522. The summed E-state index contributed by atoms with van der Waals surface area (Å²) in [7, 11) is 2.33. The fourth-order valence-corrected chi connectivity index (χ4v) is 14.1. The van der Waals surface area contributed by atoms with Crippen molar-refractivity contribution in [3.8, 4) is 0 Å². The third-order valence-corrected chi connectivity index (χ3v) is 19.1. The van der Waals surface area contributed by atoms with Crippen LogP contribution >= 0.6 is 0 Å². The molecule has 2 spiro atoms. The summed E-state index contributed by atoms with van der Waals surface area (Å²) in [6.07, 6.45) is -0.743. The van der Waals surface area contributed by atoms with Crippen LogP contribution in [0.5, 0.6) is 0 Å². The Morgan fingerprint density at radius 2 is 0.721 bits per heavy atom. The Morgan fingerprint density at radius 3 is 1.08 bits per heavy atom. The SMILES string of the molecule is C=C(CC1(O)C(=O)N(CN2C(=O)C(O)(CC(=C)C(=O)OC)c3ccccc32)c2ccccc21)C(=O)OC.C=C1CC2(OC1=O)C(=O)N(CN1C(=O)C3(CC(=C)C(=O)O3)c3ccccc31)c1ccccc12.O=C1C(=O)N(CN2C(=O)C(=O)c3ccccc32)c2ccccc21.O=C1Nc2ccccc2C1=O. The predicted molar refractivity (Wildman–Crippen MR) is 369 cm³/mol. The number of para-hydroxylation sites is 7. The van der Waals surface area contributed by atoms with E-state index in [4.69, 9.17) is 9.47 Å². The van der Waals surface area contributed by atoms with Gasteiger partial charge in [-0.25, -0.2) is 19.2 Å². The van der Waals surface area contributed by atoms with Crippen LogP contribution in [0.3, 0.4) is 0 Å². The van der Waals surface area contributed by atoms with Gasteiger partial charge in [0.2, 0.25) is 11.2 Å². The maximum Gasteiger partial charge on any atom is 0.335 e. The summed E-state index contributed by atoms with van der Waals surface area (Å²) in [4.78, 5) is 181. The van der Waals surface area contributed by atoms with Gasteiger partial charge in [0.25, 0.3) is 46.9 Å². The molecule has 4 atom stereocenters. The molecular weight excluding hydrogens is 1340 g/mol. The maximum absolute atomic E-state index is 13.7. The van der Waals surface area contributed by atoms with E-state index in [0.717, 1.165) is 0 Å². The number of aliphatic hydroxyl groups is 2. The smallest absolute Gasteiger partial charge is 0.335 e. The summed E-state index contributed by atoms with van der Waals surface area (Å²) in [5.74, 6) is -8.80. The van der Waals surface area contributed by atoms with Gasteiger partial charge in [0.15, 0.2) is 11.2 Å². The Morgan fingerprint density at radius 1 is 0.413 bits per heavy atom. The van der Waals surface area contributed by atoms with Crippen molar-refractivity contribution in [2.24, 2.45) is 0 Å². The highest BCUT2D eigenvalue weighted by atomic mass is 16.6. The van der Waals surface area contributed by atoms with Gasteiger partial charge < -0.3 is 34.5 Å². The number of nitrogens with zero attached hydrogens (tertiary/aromatic N) is 6. The van der Waals surface area contributed by atoms with Gasteiger partial charge in [-0.15, -0.1) is 0 Å². The number of ether oxygens (including phenoxy) is 4. The number of amides is 7. The van der Waals surface area contributed by atoms with E-state index in [0.29, 0.717) is 67.6 Å². The van der Waals surface area contributed by atoms with Crippen LogP contribution in [0.15, 0.2) is 218 Å². The first-order valence-corrected chi connectivity index (χ1v) is 32.0. The number of methoxy groups -OCH3 is 2. The number of ketones is 3. The van der Waals surface area contributed by atoms with E-state index in [1.807, 2.05) is 0 Å². The average Bonchev–Trinajstić information content (AvgIpc) is 1.69. The van der Waals surface area contributed by atoms with Gasteiger partial charge in [0.05, 0.1) is 70.7 Å². The molecule has 0 radical (unpaired) electrons. The van der Waals surface area contributed by atoms with Crippen molar-refractivity contribution < 1.29 is 96.3 Å². The van der Waals surface area contributed by atoms with E-state index in [-0.39, 0.29) is 66.3 Å². The fourth-order valence-electron chi connectivity index (χ4n) is 14.1. The molecule has 7 aromatic carbocycles. The van der Waals surface area contributed by atoms with Gasteiger partial charge >= 0.3 is 35.7 Å². The minimum atomic E-state index is -2.13. The van der Waals surface area contributed by atoms with Crippen LogP contribution in [0.25, 0.3) is 0 Å². The number of anilines is 7. The van der Waals surface area contributed by atoms with Crippen molar-refractivity contribution in [3.05, 3.63) is 257 Å². The van der Waals surface area contributed by atoms with Crippen molar-refractivity contribution in [1.29, 1.82) is 0 Å². The summed E-state index contributed by atoms with van der Waals surface area (Å²) >= 11 is 0. The van der Waals surface area contributed by atoms with Crippen LogP contribution in [0.4, 0.5) is 39.8 Å². The van der Waals surface area contributed by atoms with Crippen LogP contribution in [0.1, 0.15) is 79.0 Å². The Hall–Kier alpha value is -13.4. The number of carbonyl (C=O) groups is 14. The first kappa shape index (κ1) is 69.1. The Labute approximate surface area is 590 Å². The Balaban J connectivity index is 0.000000131. The highest BCUT2D eigenvalue weighted by molar-refractivity contribution is 6.54. The van der Waals surface area contributed by atoms with Crippen LogP contribution < -0.4 is 34.7 Å². The molecule has 0 bridgehead atoms. The summed E-state index contributed by atoms with van der Waals surface area (Å²) in [5.41, 5.74) is -1.07. The number of rotatable bonds is 12. The number of esters is 4. The number of fused-ring (bicyclic) bond motifs is 9. The molecule has 0 aliphatic carbocycles. The van der Waals surface area contributed by atoms with Crippen LogP contribution in [-0.4, -0.2) is 127 Å². The van der Waals surface area contributed by atoms with Crippen molar-refractivity contribution in [2.45, 2.75) is 48.1 Å². The molecule has 9 aliphatic heterocycles. The molecule has 0 aromatic heterocycles. The molecule has 4 unspecified atom stereocenters. The van der Waals surface area contributed by atoms with Gasteiger partial charge in [-0.1, -0.05) is 136 Å². The van der Waals surface area contributed by atoms with Gasteiger partial charge in [-0.05, 0) is 60.7 Å². The second kappa shape index (κ2) is 26.0. The topological polar surface area (TPSA) is 348 Å². The van der Waals surface area contributed by atoms with E-state index in [9.17, 15) is 77.3 Å². The van der Waals surface area contributed by atoms with Gasteiger partial charge in [0.1, 0.15) is 20.0 Å². The van der Waals surface area contributed by atoms with Crippen molar-refractivity contribution in [3.63, 3.8) is 0 Å². The number of benzene rings is 7. The van der Waals surface area contributed by atoms with E-state index in [1.54, 1.807) is 170 Å². The van der Waals surface area contributed by atoms with Gasteiger partial charge in [-0.2, -0.15) is 0 Å². The molecule has 7 aromatic rings. The van der Waals surface area contributed by atoms with Crippen LogP contribution in [-0.2, 0) is 94.1 Å². The normalized spacial score (nSPS) is 21.7. The molecule has 27 heteroatoms. The summed E-state index contributed by atoms with van der Waals surface area (Å²) in [5, 5.41) is 25.4. The van der Waals surface area contributed by atoms with Gasteiger partial charge in [0, 0.05) is 70.2 Å². The van der Waals surface area contributed by atoms with Crippen molar-refractivity contribution in [1.82, 2.24) is 0 Å². The first-order chi connectivity index (χ1) is 49.7. The molecule has 27 nitrogen and oxygen atoms in total. The molecule has 3 N–H and O–H groups in total. The lowest BCUT2D eigenvalue weighted by Gasteiger charge is -2.28. The number of Topliss-reactive ketones (excluding diaryl/α,β-unsaturated/α-hetero) is 3. The number of hydrogen-bond acceptors (Lipinski definition) is 20. The maximum atomic E-state index is 13.7. The molecule has 9 heterocycles. The zero-order chi connectivity index (χ0) is 74.2. The van der Waals surface area contributed by atoms with Crippen molar-refractivity contribution in [2.75, 3.05) is 68.9 Å². The first-order valence-electron chi connectivity index (χ1n) is 32.0. The van der Waals surface area contributed by atoms with E-state index in [2.05, 4.69) is 41.1 Å². The molecule has 104 heavy (non-hydrogen) atoms. The zero-order valence-corrected chi connectivity index (χ0v) is 55.4. The lowest BCUT2D eigenvalue weighted by atomic mass is 9.88. The Kier molecular flexibility index (Phi) is 17.2. The predicted octanol–water partition coefficient (Wildman–Crippen LogP) is 6.31. The largest absolute Gasteiger partial charge is 0.466 e. The van der Waals surface area contributed by atoms with Crippen molar-refractivity contribution >= 4 is 122 Å². The van der Waals surface area contributed by atoms with E-state index >= 15 is 0 Å². The molecule has 16 rings (SSSR count). The second-order valence-electron chi connectivity index (χ2n) is 25.2. The lowest BCUT2D eigenvalue weighted by Crippen LogP contribution is -2.49. The summed E-state index contributed by atoms with van der Waals surface area (Å²) < 4.78 is 20.4. The molecule has 7 amide bonds. The molecular formula is C77H59N7O20. The Bertz CT molecular complexity index is 4820. The average molecular weight is 1400 g/mol. The molecule has 0 saturated carbocycles. The zero-order valence-electron chi connectivity index (χ0n) is 55.4. The molecule has 2 fully saturated rings. The number of carbonyl (C=O) groups excluding carboxylic acids is 14. The molecule has 522 valence electrons. The number of nitrogens with one attached hydrogen (secondary N) is 1. The second-order valence-corrected chi connectivity index (χ2v) is 25.2.